The fraction of sp³-hybridized carbons (Fsp3) is 0.950. The third-order valence-electron chi connectivity index (χ3n) is 6.34. The molecule has 0 aromatic rings. The van der Waals surface area contributed by atoms with Crippen molar-refractivity contribution in [1.29, 1.82) is 0 Å². The van der Waals surface area contributed by atoms with E-state index in [0.717, 1.165) is 51.8 Å². The van der Waals surface area contributed by atoms with Crippen LogP contribution in [0.3, 0.4) is 0 Å². The summed E-state index contributed by atoms with van der Waals surface area (Å²) in [7, 11) is 0. The molecule has 3 unspecified atom stereocenters. The van der Waals surface area contributed by atoms with E-state index >= 15 is 0 Å². The first-order valence-electron chi connectivity index (χ1n) is 10.7. The highest BCUT2D eigenvalue weighted by Crippen LogP contribution is 2.57. The van der Waals surface area contributed by atoms with E-state index in [-0.39, 0.29) is 24.0 Å². The first-order chi connectivity index (χ1) is 13.0. The molecule has 3 fully saturated rings. The van der Waals surface area contributed by atoms with Crippen molar-refractivity contribution >= 4 is 29.9 Å². The highest BCUT2D eigenvalue weighted by atomic mass is 127. The van der Waals surface area contributed by atoms with Crippen LogP contribution in [0.15, 0.2) is 4.99 Å². The number of rotatable bonds is 8. The molecule has 0 aromatic heterocycles. The number of nitrogens with one attached hydrogen (secondary N) is 2. The minimum absolute atomic E-state index is 0. The molecule has 1 heterocycles. The Morgan fingerprint density at radius 1 is 1.32 bits per heavy atom. The molecule has 0 aromatic carbocycles. The van der Waals surface area contributed by atoms with Crippen LogP contribution in [0, 0.1) is 5.41 Å². The lowest BCUT2D eigenvalue weighted by molar-refractivity contribution is -0.168. The number of hydrogen-bond donors (Lipinski definition) is 3. The van der Waals surface area contributed by atoms with Gasteiger partial charge in [-0.25, -0.2) is 0 Å². The van der Waals surface area contributed by atoms with Crippen LogP contribution in [-0.2, 0) is 9.47 Å². The summed E-state index contributed by atoms with van der Waals surface area (Å²) in [6, 6.07) is 0.421. The lowest BCUT2D eigenvalue weighted by atomic mass is 9.51. The summed E-state index contributed by atoms with van der Waals surface area (Å²) in [5.41, 5.74) is -0.552. The Kier molecular flexibility index (Phi) is 9.25. The first-order valence-corrected chi connectivity index (χ1v) is 10.7. The minimum Gasteiger partial charge on any atom is -0.387 e. The summed E-state index contributed by atoms with van der Waals surface area (Å²) >= 11 is 0. The topological polar surface area (TPSA) is 78.4 Å². The van der Waals surface area contributed by atoms with Crippen molar-refractivity contribution in [3.63, 3.8) is 0 Å². The maximum atomic E-state index is 10.8. The molecule has 0 bridgehead atoms. The predicted molar refractivity (Wildman–Crippen MR) is 123 cm³/mol. The third kappa shape index (κ3) is 5.71. The number of aliphatic imine (C=N–C) groups is 1. The third-order valence-corrected chi connectivity index (χ3v) is 6.34. The molecule has 0 radical (unpaired) electrons. The van der Waals surface area contributed by atoms with Gasteiger partial charge in [0.25, 0.3) is 0 Å². The van der Waals surface area contributed by atoms with Crippen LogP contribution < -0.4 is 10.6 Å². The van der Waals surface area contributed by atoms with Crippen LogP contribution in [0.1, 0.15) is 46.5 Å². The van der Waals surface area contributed by atoms with E-state index in [4.69, 9.17) is 14.5 Å². The molecule has 2 aliphatic carbocycles. The maximum absolute atomic E-state index is 10.8. The molecule has 1 spiro atoms. The van der Waals surface area contributed by atoms with E-state index in [1.54, 1.807) is 0 Å². The highest BCUT2D eigenvalue weighted by molar-refractivity contribution is 14.0. The molecule has 3 aliphatic rings. The molecular formula is C20H39IN4O3. The van der Waals surface area contributed by atoms with Crippen LogP contribution in [0.2, 0.25) is 0 Å². The van der Waals surface area contributed by atoms with Gasteiger partial charge in [0, 0.05) is 44.2 Å². The van der Waals surface area contributed by atoms with Gasteiger partial charge in [-0.2, -0.15) is 0 Å². The maximum Gasteiger partial charge on any atom is 0.191 e. The fourth-order valence-corrected chi connectivity index (χ4v) is 4.67. The SMILES string of the molecule is CCNC(=NCC(C)(O)CN1CCOCC1)NC1CC(OCC)C12CCC2.I. The lowest BCUT2D eigenvalue weighted by Crippen LogP contribution is -2.68. The van der Waals surface area contributed by atoms with E-state index in [2.05, 4.69) is 29.4 Å². The van der Waals surface area contributed by atoms with Crippen LogP contribution >= 0.6 is 24.0 Å². The molecule has 0 amide bonds. The Morgan fingerprint density at radius 3 is 2.61 bits per heavy atom. The number of guanidine groups is 1. The summed E-state index contributed by atoms with van der Waals surface area (Å²) in [4.78, 5) is 6.96. The summed E-state index contributed by atoms with van der Waals surface area (Å²) in [6.07, 6.45) is 5.21. The number of ether oxygens (including phenoxy) is 2. The van der Waals surface area contributed by atoms with Crippen LogP contribution in [-0.4, -0.2) is 86.3 Å². The second-order valence-electron chi connectivity index (χ2n) is 8.54. The van der Waals surface area contributed by atoms with Gasteiger partial charge in [-0.05, 0) is 40.0 Å². The Hall–Kier alpha value is -0.160. The Balaban J connectivity index is 0.00000280. The number of nitrogens with zero attached hydrogens (tertiary/aromatic N) is 2. The monoisotopic (exact) mass is 510 g/mol. The normalized spacial score (nSPS) is 29.2. The number of β-amino-alcohol motifs (C(OH)–C–C–N with tert-alkyl or cyclic N) is 1. The van der Waals surface area contributed by atoms with Gasteiger partial charge in [0.2, 0.25) is 0 Å². The molecule has 2 saturated carbocycles. The molecule has 1 saturated heterocycles. The fourth-order valence-electron chi connectivity index (χ4n) is 4.67. The minimum atomic E-state index is -0.846. The molecule has 28 heavy (non-hydrogen) atoms. The second-order valence-corrected chi connectivity index (χ2v) is 8.54. The van der Waals surface area contributed by atoms with Gasteiger partial charge < -0.3 is 25.2 Å². The molecule has 3 rings (SSSR count). The molecule has 1 aliphatic heterocycles. The molecule has 3 atom stereocenters. The number of halogens is 1. The molecule has 7 nitrogen and oxygen atoms in total. The number of aliphatic hydroxyl groups is 1. The Labute approximate surface area is 187 Å². The average Bonchev–Trinajstić information content (AvgIpc) is 2.57. The summed E-state index contributed by atoms with van der Waals surface area (Å²) in [6.45, 7) is 11.9. The van der Waals surface area contributed by atoms with E-state index in [1.807, 2.05) is 6.92 Å². The molecule has 3 N–H and O–H groups in total. The van der Waals surface area contributed by atoms with Crippen molar-refractivity contribution in [3.8, 4) is 0 Å². The quantitative estimate of drug-likeness (QED) is 0.262. The van der Waals surface area contributed by atoms with Crippen molar-refractivity contribution in [2.24, 2.45) is 10.4 Å². The van der Waals surface area contributed by atoms with Crippen molar-refractivity contribution in [1.82, 2.24) is 15.5 Å². The Morgan fingerprint density at radius 2 is 2.04 bits per heavy atom. The van der Waals surface area contributed by atoms with Gasteiger partial charge >= 0.3 is 0 Å². The predicted octanol–water partition coefficient (Wildman–Crippen LogP) is 1.59. The number of hydrogen-bond acceptors (Lipinski definition) is 5. The standard InChI is InChI=1S/C20H38N4O3.HI/c1-4-21-18(22-14-19(3,25)15-24-9-11-26-12-10-24)23-16-13-17(27-5-2)20(16)7-6-8-20;/h16-17,25H,4-15H2,1-3H3,(H2,21,22,23);1H. The summed E-state index contributed by atoms with van der Waals surface area (Å²) < 4.78 is 11.3. The summed E-state index contributed by atoms with van der Waals surface area (Å²) in [5, 5.41) is 17.8. The van der Waals surface area contributed by atoms with Crippen molar-refractivity contribution in [2.75, 3.05) is 52.5 Å². The van der Waals surface area contributed by atoms with E-state index in [1.165, 1.54) is 19.3 Å². The van der Waals surface area contributed by atoms with Crippen molar-refractivity contribution in [3.05, 3.63) is 0 Å². The van der Waals surface area contributed by atoms with Crippen LogP contribution in [0.25, 0.3) is 0 Å². The lowest BCUT2D eigenvalue weighted by Gasteiger charge is -2.61. The van der Waals surface area contributed by atoms with E-state index < -0.39 is 5.60 Å². The van der Waals surface area contributed by atoms with Gasteiger partial charge in [0.15, 0.2) is 5.96 Å². The van der Waals surface area contributed by atoms with Gasteiger partial charge in [-0.3, -0.25) is 9.89 Å². The molecular weight excluding hydrogens is 471 g/mol. The van der Waals surface area contributed by atoms with E-state index in [0.29, 0.717) is 30.7 Å². The van der Waals surface area contributed by atoms with Gasteiger partial charge in [0.05, 0.1) is 31.5 Å². The Bertz CT molecular complexity index is 508. The molecule has 164 valence electrons. The zero-order valence-electron chi connectivity index (χ0n) is 17.7. The van der Waals surface area contributed by atoms with Gasteiger partial charge in [-0.15, -0.1) is 24.0 Å². The first kappa shape index (κ1) is 24.1. The van der Waals surface area contributed by atoms with Crippen LogP contribution in [0.4, 0.5) is 0 Å². The molecule has 8 heteroatoms. The van der Waals surface area contributed by atoms with Crippen molar-refractivity contribution < 1.29 is 14.6 Å². The number of morpholine rings is 1. The average molecular weight is 510 g/mol. The smallest absolute Gasteiger partial charge is 0.191 e. The van der Waals surface area contributed by atoms with Gasteiger partial charge in [-0.1, -0.05) is 6.42 Å². The van der Waals surface area contributed by atoms with E-state index in [9.17, 15) is 5.11 Å². The zero-order chi connectivity index (χ0) is 19.3. The van der Waals surface area contributed by atoms with Crippen LogP contribution in [0.5, 0.6) is 0 Å². The van der Waals surface area contributed by atoms with Crippen molar-refractivity contribution in [2.45, 2.75) is 64.2 Å². The zero-order valence-corrected chi connectivity index (χ0v) is 20.0. The highest BCUT2D eigenvalue weighted by Gasteiger charge is 2.59. The second kappa shape index (κ2) is 10.7. The largest absolute Gasteiger partial charge is 0.387 e. The van der Waals surface area contributed by atoms with Gasteiger partial charge in [0.1, 0.15) is 0 Å². The summed E-state index contributed by atoms with van der Waals surface area (Å²) in [5.74, 6) is 0.811.